The number of nitro groups is 1. The molecule has 11 heteroatoms. The van der Waals surface area contributed by atoms with E-state index in [4.69, 9.17) is 14.6 Å². The minimum Gasteiger partial charge on any atom is -0.493 e. The first-order chi connectivity index (χ1) is 15.6. The van der Waals surface area contributed by atoms with Gasteiger partial charge in [-0.15, -0.1) is 0 Å². The molecule has 3 rings (SSSR count). The Hall–Kier alpha value is -4.28. The lowest BCUT2D eigenvalue weighted by Crippen LogP contribution is -2.06. The van der Waals surface area contributed by atoms with Crippen LogP contribution in [0.2, 0.25) is 0 Å². The van der Waals surface area contributed by atoms with Crippen molar-refractivity contribution in [1.29, 1.82) is 0 Å². The molecule has 0 amide bonds. The molecule has 172 valence electrons. The number of carboxylic acids is 1. The number of nitrogens with zero attached hydrogens (tertiary/aromatic N) is 1. The second-order valence-corrected chi connectivity index (χ2v) is 6.76. The van der Waals surface area contributed by atoms with Crippen molar-refractivity contribution in [1.82, 2.24) is 0 Å². The number of carboxylic acid groups (broad SMARTS) is 1. The summed E-state index contributed by atoms with van der Waals surface area (Å²) in [6.07, 6.45) is -4.74. The number of hydrogen-bond acceptors (Lipinski definition) is 6. The summed E-state index contributed by atoms with van der Waals surface area (Å²) in [6, 6.07) is 12.9. The van der Waals surface area contributed by atoms with Crippen molar-refractivity contribution in [3.05, 3.63) is 87.5 Å². The second-order valence-electron chi connectivity index (χ2n) is 6.76. The third-order valence-corrected chi connectivity index (χ3v) is 4.54. The fraction of sp³-hybridized carbons (Fsp3) is 0.136. The van der Waals surface area contributed by atoms with Crippen LogP contribution in [0, 0.1) is 10.1 Å². The zero-order valence-electron chi connectivity index (χ0n) is 17.1. The van der Waals surface area contributed by atoms with Crippen LogP contribution >= 0.6 is 0 Å². The highest BCUT2D eigenvalue weighted by Gasteiger charge is 2.33. The maximum Gasteiger partial charge on any atom is 0.416 e. The average Bonchev–Trinajstić information content (AvgIpc) is 2.77. The Bertz CT molecular complexity index is 1200. The van der Waals surface area contributed by atoms with E-state index in [1.807, 2.05) is 0 Å². The first-order valence-corrected chi connectivity index (χ1v) is 9.36. The number of halogens is 3. The van der Waals surface area contributed by atoms with Gasteiger partial charge in [0.05, 0.1) is 23.2 Å². The molecule has 0 fully saturated rings. The molecule has 8 nitrogen and oxygen atoms in total. The number of hydrogen-bond donors (Lipinski definition) is 2. The number of alkyl halides is 3. The Balaban J connectivity index is 1.81. The molecule has 0 aliphatic rings. The number of carbonyl (C=O) groups is 1. The predicted octanol–water partition coefficient (Wildman–Crippen LogP) is 5.72. The number of methoxy groups -OCH3 is 1. The van der Waals surface area contributed by atoms with Crippen LogP contribution in [-0.4, -0.2) is 23.1 Å². The fourth-order valence-corrected chi connectivity index (χ4v) is 2.91. The summed E-state index contributed by atoms with van der Waals surface area (Å²) in [6.45, 7) is 0.292. The maximum absolute atomic E-state index is 12.9. The van der Waals surface area contributed by atoms with Crippen LogP contribution in [0.1, 0.15) is 21.5 Å². The Morgan fingerprint density at radius 3 is 2.42 bits per heavy atom. The molecule has 0 saturated carbocycles. The summed E-state index contributed by atoms with van der Waals surface area (Å²) in [5, 5.41) is 23.4. The van der Waals surface area contributed by atoms with E-state index in [1.165, 1.54) is 25.3 Å². The smallest absolute Gasteiger partial charge is 0.416 e. The van der Waals surface area contributed by atoms with Gasteiger partial charge in [0.1, 0.15) is 0 Å². The molecule has 0 saturated heterocycles. The molecule has 0 bridgehead atoms. The summed E-state index contributed by atoms with van der Waals surface area (Å²) in [7, 11) is 1.34. The Morgan fingerprint density at radius 1 is 1.06 bits per heavy atom. The highest BCUT2D eigenvalue weighted by Crippen LogP contribution is 2.40. The topological polar surface area (TPSA) is 111 Å². The van der Waals surface area contributed by atoms with Gasteiger partial charge in [-0.1, -0.05) is 12.1 Å². The molecule has 0 heterocycles. The number of benzene rings is 3. The van der Waals surface area contributed by atoms with Gasteiger partial charge < -0.3 is 19.9 Å². The molecule has 2 N–H and O–H groups in total. The molecule has 3 aromatic rings. The van der Waals surface area contributed by atoms with Crippen LogP contribution in [0.4, 0.5) is 24.5 Å². The first-order valence-electron chi connectivity index (χ1n) is 9.36. The lowest BCUT2D eigenvalue weighted by Gasteiger charge is -2.14. The van der Waals surface area contributed by atoms with Gasteiger partial charge in [-0.05, 0) is 48.0 Å². The molecular weight excluding hydrogens is 445 g/mol. The molecule has 0 radical (unpaired) electrons. The monoisotopic (exact) mass is 462 g/mol. The number of ether oxygens (including phenoxy) is 2. The number of nitrogens with one attached hydrogen (secondary N) is 1. The van der Waals surface area contributed by atoms with Gasteiger partial charge in [-0.25, -0.2) is 4.79 Å². The van der Waals surface area contributed by atoms with Crippen LogP contribution in [0.25, 0.3) is 0 Å². The summed E-state index contributed by atoms with van der Waals surface area (Å²) < 4.78 is 49.4. The van der Waals surface area contributed by atoms with E-state index in [0.717, 1.165) is 6.07 Å². The van der Waals surface area contributed by atoms with Gasteiger partial charge >= 0.3 is 17.8 Å². The standard InChI is InChI=1S/C22H17F3N2O6/c1-32-20-9-13(12-26-16-4-2-3-14(10-16)21(28)29)5-7-19(20)33-18-8-6-15(22(23,24)25)11-17(18)27(30)31/h2-11,26H,12H2,1H3,(H,28,29). The van der Waals surface area contributed by atoms with E-state index >= 15 is 0 Å². The molecule has 0 aliphatic heterocycles. The van der Waals surface area contributed by atoms with Gasteiger partial charge in [0.2, 0.25) is 5.75 Å². The van der Waals surface area contributed by atoms with Crippen LogP contribution < -0.4 is 14.8 Å². The molecular formula is C22H17F3N2O6. The quantitative estimate of drug-likeness (QED) is 0.325. The van der Waals surface area contributed by atoms with Crippen molar-refractivity contribution in [3.63, 3.8) is 0 Å². The Labute approximate surface area is 185 Å². The Kier molecular flexibility index (Phi) is 6.71. The summed E-state index contributed by atoms with van der Waals surface area (Å²) in [5.41, 5.74) is -0.589. The SMILES string of the molecule is COc1cc(CNc2cccc(C(=O)O)c2)ccc1Oc1ccc(C(F)(F)F)cc1[N+](=O)[O-]. The van der Waals surface area contributed by atoms with Crippen LogP contribution in [-0.2, 0) is 12.7 Å². The van der Waals surface area contributed by atoms with Crippen molar-refractivity contribution >= 4 is 17.3 Å². The largest absolute Gasteiger partial charge is 0.493 e. The molecule has 33 heavy (non-hydrogen) atoms. The lowest BCUT2D eigenvalue weighted by atomic mass is 10.1. The van der Waals surface area contributed by atoms with Crippen molar-refractivity contribution in [2.45, 2.75) is 12.7 Å². The molecule has 0 spiro atoms. The fourth-order valence-electron chi connectivity index (χ4n) is 2.91. The predicted molar refractivity (Wildman–Crippen MR) is 112 cm³/mol. The second kappa shape index (κ2) is 9.47. The molecule has 0 atom stereocenters. The summed E-state index contributed by atoms with van der Waals surface area (Å²) in [5.74, 6) is -1.17. The van der Waals surface area contributed by atoms with Crippen LogP contribution in [0.15, 0.2) is 60.7 Å². The van der Waals surface area contributed by atoms with E-state index in [1.54, 1.807) is 24.3 Å². The zero-order valence-corrected chi connectivity index (χ0v) is 17.1. The van der Waals surface area contributed by atoms with Crippen molar-refractivity contribution in [3.8, 4) is 17.2 Å². The van der Waals surface area contributed by atoms with Gasteiger partial charge in [-0.3, -0.25) is 10.1 Å². The van der Waals surface area contributed by atoms with Crippen LogP contribution in [0.5, 0.6) is 17.2 Å². The third-order valence-electron chi connectivity index (χ3n) is 4.54. The molecule has 3 aromatic carbocycles. The number of nitro benzene ring substituents is 1. The summed E-state index contributed by atoms with van der Waals surface area (Å²) in [4.78, 5) is 21.4. The van der Waals surface area contributed by atoms with E-state index in [2.05, 4.69) is 5.32 Å². The third kappa shape index (κ3) is 5.70. The Morgan fingerprint density at radius 2 is 1.79 bits per heavy atom. The van der Waals surface area contributed by atoms with E-state index in [0.29, 0.717) is 29.9 Å². The number of aromatic carboxylic acids is 1. The van der Waals surface area contributed by atoms with Crippen LogP contribution in [0.3, 0.4) is 0 Å². The average molecular weight is 462 g/mol. The van der Waals surface area contributed by atoms with Crippen molar-refractivity contribution in [2.75, 3.05) is 12.4 Å². The number of anilines is 1. The highest BCUT2D eigenvalue weighted by molar-refractivity contribution is 5.88. The van der Waals surface area contributed by atoms with Gasteiger partial charge in [0.15, 0.2) is 11.5 Å². The van der Waals surface area contributed by atoms with Crippen molar-refractivity contribution in [2.24, 2.45) is 0 Å². The van der Waals surface area contributed by atoms with Gasteiger partial charge in [0.25, 0.3) is 0 Å². The van der Waals surface area contributed by atoms with Gasteiger partial charge in [0, 0.05) is 18.3 Å². The molecule has 0 aromatic heterocycles. The minimum atomic E-state index is -4.74. The summed E-state index contributed by atoms with van der Waals surface area (Å²) >= 11 is 0. The lowest BCUT2D eigenvalue weighted by molar-refractivity contribution is -0.385. The number of rotatable bonds is 8. The maximum atomic E-state index is 12.9. The normalized spacial score (nSPS) is 11.0. The van der Waals surface area contributed by atoms with E-state index in [-0.39, 0.29) is 22.8 Å². The zero-order chi connectivity index (χ0) is 24.2. The molecule has 0 aliphatic carbocycles. The molecule has 0 unspecified atom stereocenters. The highest BCUT2D eigenvalue weighted by atomic mass is 19.4. The van der Waals surface area contributed by atoms with E-state index in [9.17, 15) is 28.1 Å². The van der Waals surface area contributed by atoms with Crippen molar-refractivity contribution < 1.29 is 37.5 Å². The van der Waals surface area contributed by atoms with Gasteiger partial charge in [-0.2, -0.15) is 13.2 Å². The minimum absolute atomic E-state index is 0.0667. The first kappa shape index (κ1) is 23.4. The van der Waals surface area contributed by atoms with E-state index < -0.39 is 28.3 Å².